The average molecular weight is 357 g/mol. The molecular formula is C12H15BrF2O3S. The maximum atomic E-state index is 13.5. The van der Waals surface area contributed by atoms with Crippen molar-refractivity contribution in [2.75, 3.05) is 12.4 Å². The lowest BCUT2D eigenvalue weighted by Crippen LogP contribution is -2.22. The number of rotatable bonds is 6. The van der Waals surface area contributed by atoms with Crippen molar-refractivity contribution in [3.05, 3.63) is 29.3 Å². The Bertz CT molecular complexity index is 521. The normalized spacial score (nSPS) is 11.9. The first-order valence-electron chi connectivity index (χ1n) is 5.66. The summed E-state index contributed by atoms with van der Waals surface area (Å²) in [6.45, 7) is 2.81. The summed E-state index contributed by atoms with van der Waals surface area (Å²) in [4.78, 5) is 0. The van der Waals surface area contributed by atoms with Gasteiger partial charge in [-0.25, -0.2) is 17.2 Å². The van der Waals surface area contributed by atoms with Crippen molar-refractivity contribution in [1.29, 1.82) is 0 Å². The summed E-state index contributed by atoms with van der Waals surface area (Å²) < 4.78 is 55.0. The molecule has 1 aromatic rings. The Hall–Kier alpha value is -0.690. The van der Waals surface area contributed by atoms with Gasteiger partial charge in [-0.2, -0.15) is 0 Å². The van der Waals surface area contributed by atoms with Gasteiger partial charge < -0.3 is 4.74 Å². The van der Waals surface area contributed by atoms with Crippen molar-refractivity contribution in [3.63, 3.8) is 0 Å². The Morgan fingerprint density at radius 1 is 1.26 bits per heavy atom. The van der Waals surface area contributed by atoms with E-state index in [0.29, 0.717) is 10.9 Å². The van der Waals surface area contributed by atoms with Crippen molar-refractivity contribution in [3.8, 4) is 5.75 Å². The lowest BCUT2D eigenvalue weighted by atomic mass is 10.2. The van der Waals surface area contributed by atoms with E-state index in [9.17, 15) is 17.2 Å². The fraction of sp³-hybridized carbons (Fsp3) is 0.500. The van der Waals surface area contributed by atoms with Crippen molar-refractivity contribution < 1.29 is 21.9 Å². The van der Waals surface area contributed by atoms with E-state index in [1.165, 1.54) is 0 Å². The van der Waals surface area contributed by atoms with Crippen LogP contribution in [0.5, 0.6) is 5.75 Å². The van der Waals surface area contributed by atoms with Crippen LogP contribution in [-0.2, 0) is 15.2 Å². The summed E-state index contributed by atoms with van der Waals surface area (Å²) in [6.07, 6.45) is 0. The van der Waals surface area contributed by atoms with E-state index in [2.05, 4.69) is 15.9 Å². The summed E-state index contributed by atoms with van der Waals surface area (Å²) >= 11 is 3.09. The highest BCUT2D eigenvalue weighted by molar-refractivity contribution is 9.08. The van der Waals surface area contributed by atoms with E-state index in [1.54, 1.807) is 13.8 Å². The number of benzene rings is 1. The molecule has 0 radical (unpaired) electrons. The molecule has 7 heteroatoms. The predicted octanol–water partition coefficient (Wildman–Crippen LogP) is 3.06. The van der Waals surface area contributed by atoms with E-state index in [1.807, 2.05) is 0 Å². The number of sulfone groups is 1. The van der Waals surface area contributed by atoms with Gasteiger partial charge in [-0.05, 0) is 31.5 Å². The molecule has 1 rings (SSSR count). The molecule has 19 heavy (non-hydrogen) atoms. The van der Waals surface area contributed by atoms with Gasteiger partial charge in [0.25, 0.3) is 0 Å². The molecule has 0 atom stereocenters. The van der Waals surface area contributed by atoms with Crippen LogP contribution >= 0.6 is 15.9 Å². The molecule has 0 aromatic heterocycles. The molecule has 0 unspecified atom stereocenters. The Kier molecular flexibility index (Phi) is 5.73. The highest BCUT2D eigenvalue weighted by Gasteiger charge is 2.18. The van der Waals surface area contributed by atoms with Gasteiger partial charge in [0, 0.05) is 5.33 Å². The van der Waals surface area contributed by atoms with Gasteiger partial charge in [0.1, 0.15) is 6.61 Å². The molecule has 108 valence electrons. The Labute approximate surface area is 120 Å². The second-order valence-corrected chi connectivity index (χ2v) is 7.52. The SMILES string of the molecule is CC(C)S(=O)(=O)CCOc1c(F)cc(CBr)cc1F. The van der Waals surface area contributed by atoms with Crippen LogP contribution in [0.4, 0.5) is 8.78 Å². The average Bonchev–Trinajstić information content (AvgIpc) is 2.32. The largest absolute Gasteiger partial charge is 0.487 e. The highest BCUT2D eigenvalue weighted by atomic mass is 79.9. The van der Waals surface area contributed by atoms with Crippen molar-refractivity contribution in [2.45, 2.75) is 24.4 Å². The van der Waals surface area contributed by atoms with Gasteiger partial charge in [-0.3, -0.25) is 0 Å². The van der Waals surface area contributed by atoms with E-state index in [4.69, 9.17) is 4.74 Å². The summed E-state index contributed by atoms with van der Waals surface area (Å²) in [7, 11) is -3.28. The van der Waals surface area contributed by atoms with E-state index < -0.39 is 32.5 Å². The topological polar surface area (TPSA) is 43.4 Å². The summed E-state index contributed by atoms with van der Waals surface area (Å²) in [5.74, 6) is -2.49. The molecule has 3 nitrogen and oxygen atoms in total. The molecule has 0 heterocycles. The zero-order chi connectivity index (χ0) is 14.6. The van der Waals surface area contributed by atoms with Gasteiger partial charge in [-0.15, -0.1) is 0 Å². The molecule has 0 aliphatic rings. The Balaban J connectivity index is 2.74. The second-order valence-electron chi connectivity index (χ2n) is 4.29. The van der Waals surface area contributed by atoms with Gasteiger partial charge >= 0.3 is 0 Å². The zero-order valence-corrected chi connectivity index (χ0v) is 13.0. The molecule has 0 aliphatic heterocycles. The lowest BCUT2D eigenvalue weighted by Gasteiger charge is -2.11. The van der Waals surface area contributed by atoms with Crippen LogP contribution < -0.4 is 4.74 Å². The molecule has 1 aromatic carbocycles. The number of hydrogen-bond acceptors (Lipinski definition) is 3. The van der Waals surface area contributed by atoms with Crippen LogP contribution in [0.1, 0.15) is 19.4 Å². The Morgan fingerprint density at radius 2 is 1.79 bits per heavy atom. The first kappa shape index (κ1) is 16.4. The number of hydrogen-bond donors (Lipinski definition) is 0. The van der Waals surface area contributed by atoms with Crippen molar-refractivity contribution in [1.82, 2.24) is 0 Å². The maximum absolute atomic E-state index is 13.5. The molecular weight excluding hydrogens is 342 g/mol. The Morgan fingerprint density at radius 3 is 2.21 bits per heavy atom. The van der Waals surface area contributed by atoms with Crippen LogP contribution in [0.3, 0.4) is 0 Å². The molecule has 0 saturated carbocycles. The third-order valence-electron chi connectivity index (χ3n) is 2.54. The smallest absolute Gasteiger partial charge is 0.190 e. The molecule has 0 fully saturated rings. The first-order chi connectivity index (χ1) is 8.77. The van der Waals surface area contributed by atoms with E-state index in [0.717, 1.165) is 12.1 Å². The van der Waals surface area contributed by atoms with Crippen LogP contribution in [-0.4, -0.2) is 26.0 Å². The molecule has 0 N–H and O–H groups in total. The summed E-state index contributed by atoms with van der Waals surface area (Å²) in [5, 5.41) is -0.218. The number of alkyl halides is 1. The van der Waals surface area contributed by atoms with Gasteiger partial charge in [0.15, 0.2) is 27.2 Å². The second kappa shape index (κ2) is 6.65. The number of halogens is 3. The first-order valence-corrected chi connectivity index (χ1v) is 8.50. The van der Waals surface area contributed by atoms with E-state index in [-0.39, 0.29) is 12.4 Å². The third kappa shape index (κ3) is 4.42. The highest BCUT2D eigenvalue weighted by Crippen LogP contribution is 2.24. The van der Waals surface area contributed by atoms with Crippen LogP contribution in [0.2, 0.25) is 0 Å². The quantitative estimate of drug-likeness (QED) is 0.735. The van der Waals surface area contributed by atoms with E-state index >= 15 is 0 Å². The molecule has 0 bridgehead atoms. The predicted molar refractivity (Wildman–Crippen MR) is 73.4 cm³/mol. The minimum atomic E-state index is -3.28. The van der Waals surface area contributed by atoms with Crippen molar-refractivity contribution in [2.24, 2.45) is 0 Å². The molecule has 0 spiro atoms. The third-order valence-corrected chi connectivity index (χ3v) is 5.36. The molecule has 0 amide bonds. The molecule has 0 aliphatic carbocycles. The number of ether oxygens (including phenoxy) is 1. The van der Waals surface area contributed by atoms with Gasteiger partial charge in [0.2, 0.25) is 0 Å². The minimum absolute atomic E-state index is 0.274. The summed E-state index contributed by atoms with van der Waals surface area (Å²) in [6, 6.07) is 2.29. The van der Waals surface area contributed by atoms with Gasteiger partial charge in [-0.1, -0.05) is 15.9 Å². The fourth-order valence-electron chi connectivity index (χ4n) is 1.32. The van der Waals surface area contributed by atoms with Crippen LogP contribution in [0.25, 0.3) is 0 Å². The van der Waals surface area contributed by atoms with Crippen LogP contribution in [0, 0.1) is 11.6 Å². The zero-order valence-electron chi connectivity index (χ0n) is 10.6. The van der Waals surface area contributed by atoms with Crippen LogP contribution in [0.15, 0.2) is 12.1 Å². The van der Waals surface area contributed by atoms with Gasteiger partial charge in [0.05, 0.1) is 11.0 Å². The monoisotopic (exact) mass is 356 g/mol. The lowest BCUT2D eigenvalue weighted by molar-refractivity contribution is 0.303. The summed E-state index contributed by atoms with van der Waals surface area (Å²) in [5.41, 5.74) is 0.442. The standard InChI is InChI=1S/C12H15BrF2O3S/c1-8(2)19(16,17)4-3-18-12-10(14)5-9(7-13)6-11(12)15/h5-6,8H,3-4,7H2,1-2H3. The maximum Gasteiger partial charge on any atom is 0.190 e. The molecule has 0 saturated heterocycles. The fourth-order valence-corrected chi connectivity index (χ4v) is 2.43. The minimum Gasteiger partial charge on any atom is -0.487 e. The van der Waals surface area contributed by atoms with Crippen molar-refractivity contribution >= 4 is 25.8 Å².